The monoisotopic (exact) mass is 445 g/mol. The number of hydrogen-bond donors (Lipinski definition) is 1. The Morgan fingerprint density at radius 3 is 2.91 bits per heavy atom. The van der Waals surface area contributed by atoms with Gasteiger partial charge in [-0.15, -0.1) is 0 Å². The van der Waals surface area contributed by atoms with E-state index in [0.29, 0.717) is 6.04 Å². The Balaban J connectivity index is 1.24. The van der Waals surface area contributed by atoms with Crippen LogP contribution in [-0.2, 0) is 13.0 Å². The zero-order valence-corrected chi connectivity index (χ0v) is 20.2. The molecule has 176 valence electrons. The Morgan fingerprint density at radius 2 is 2.03 bits per heavy atom. The number of H-pyrrole nitrogens is 1. The lowest BCUT2D eigenvalue weighted by Gasteiger charge is -2.31. The fourth-order valence-electron chi connectivity index (χ4n) is 5.80. The molecule has 5 nitrogen and oxygen atoms in total. The van der Waals surface area contributed by atoms with E-state index in [1.54, 1.807) is 0 Å². The van der Waals surface area contributed by atoms with E-state index < -0.39 is 0 Å². The minimum absolute atomic E-state index is 0.374. The van der Waals surface area contributed by atoms with Crippen LogP contribution in [0.5, 0.6) is 0 Å². The smallest absolute Gasteiger partial charge is 0.121 e. The first kappa shape index (κ1) is 22.5. The van der Waals surface area contributed by atoms with Crippen LogP contribution in [0, 0.1) is 0 Å². The lowest BCUT2D eigenvalue weighted by Crippen LogP contribution is -2.28. The third kappa shape index (κ3) is 5.47. The Bertz CT molecular complexity index is 980. The molecule has 1 saturated heterocycles. The number of aryl methyl sites for hydroxylation is 1. The number of hydrogen-bond acceptors (Lipinski definition) is 4. The SMILES string of the molecule is CN(Cc1nc2c([nH]1)C=CCC=C2CCCN1CCCCCC1)C1CCCc2cccnc21. The zero-order valence-electron chi connectivity index (χ0n) is 20.2. The largest absolute Gasteiger partial charge is 0.341 e. The first-order valence-electron chi connectivity index (χ1n) is 13.1. The van der Waals surface area contributed by atoms with Crippen molar-refractivity contribution in [2.24, 2.45) is 0 Å². The Kier molecular flexibility index (Phi) is 7.37. The van der Waals surface area contributed by atoms with E-state index in [-0.39, 0.29) is 0 Å². The van der Waals surface area contributed by atoms with Gasteiger partial charge in [0.25, 0.3) is 0 Å². The van der Waals surface area contributed by atoms with Crippen molar-refractivity contribution in [3.05, 3.63) is 59.0 Å². The second-order valence-corrected chi connectivity index (χ2v) is 10.0. The molecular weight excluding hydrogens is 406 g/mol. The van der Waals surface area contributed by atoms with Crippen molar-refractivity contribution in [3.8, 4) is 0 Å². The second-order valence-electron chi connectivity index (χ2n) is 10.0. The van der Waals surface area contributed by atoms with E-state index >= 15 is 0 Å². The molecule has 3 heterocycles. The van der Waals surface area contributed by atoms with E-state index in [1.807, 2.05) is 6.20 Å². The summed E-state index contributed by atoms with van der Waals surface area (Å²) in [4.78, 5) is 18.6. The summed E-state index contributed by atoms with van der Waals surface area (Å²) in [5, 5.41) is 0. The lowest BCUT2D eigenvalue weighted by molar-refractivity contribution is 0.204. The molecule has 0 radical (unpaired) electrons. The Labute approximate surface area is 199 Å². The van der Waals surface area contributed by atoms with Gasteiger partial charge in [0.1, 0.15) is 5.82 Å². The standard InChI is InChI=1S/C28H39N5/c1-32(25-16-8-12-23-13-9-17-29-28(23)25)21-26-30-24-15-5-4-11-22(27(24)31-26)14-10-20-33-18-6-2-3-7-19-33/h5,9,11,13,15,17,25H,2-4,6-8,10,12,14,16,18-21H2,1H3,(H,30,31). The molecule has 1 atom stereocenters. The third-order valence-corrected chi connectivity index (χ3v) is 7.59. The van der Waals surface area contributed by atoms with Crippen LogP contribution in [0.15, 0.2) is 30.5 Å². The predicted octanol–water partition coefficient (Wildman–Crippen LogP) is 5.77. The number of likely N-dealkylation sites (tertiary alicyclic amines) is 1. The van der Waals surface area contributed by atoms with Gasteiger partial charge in [0.05, 0.1) is 29.7 Å². The topological polar surface area (TPSA) is 48.1 Å². The molecule has 1 N–H and O–H groups in total. The number of nitrogens with one attached hydrogen (secondary N) is 1. The summed E-state index contributed by atoms with van der Waals surface area (Å²) < 4.78 is 0. The average molecular weight is 446 g/mol. The summed E-state index contributed by atoms with van der Waals surface area (Å²) >= 11 is 0. The molecule has 5 heteroatoms. The van der Waals surface area contributed by atoms with E-state index in [2.05, 4.69) is 52.2 Å². The summed E-state index contributed by atoms with van der Waals surface area (Å²) in [5.74, 6) is 1.07. The maximum Gasteiger partial charge on any atom is 0.121 e. The van der Waals surface area contributed by atoms with Crippen LogP contribution in [-0.4, -0.2) is 51.4 Å². The maximum atomic E-state index is 5.11. The summed E-state index contributed by atoms with van der Waals surface area (Å²) in [7, 11) is 2.22. The summed E-state index contributed by atoms with van der Waals surface area (Å²) in [6.07, 6.45) is 21.3. The van der Waals surface area contributed by atoms with Crippen molar-refractivity contribution in [1.82, 2.24) is 24.8 Å². The van der Waals surface area contributed by atoms with Crippen molar-refractivity contribution in [1.29, 1.82) is 0 Å². The normalized spacial score (nSPS) is 21.3. The third-order valence-electron chi connectivity index (χ3n) is 7.59. The van der Waals surface area contributed by atoms with Crippen LogP contribution in [0.25, 0.3) is 11.6 Å². The average Bonchev–Trinajstić information content (AvgIpc) is 2.98. The first-order chi connectivity index (χ1) is 16.3. The number of imidazole rings is 1. The molecule has 1 fully saturated rings. The van der Waals surface area contributed by atoms with Gasteiger partial charge in [0.15, 0.2) is 0 Å². The number of fused-ring (bicyclic) bond motifs is 2. The van der Waals surface area contributed by atoms with Gasteiger partial charge in [-0.3, -0.25) is 9.88 Å². The van der Waals surface area contributed by atoms with Crippen molar-refractivity contribution in [2.75, 3.05) is 26.7 Å². The minimum atomic E-state index is 0.374. The highest BCUT2D eigenvalue weighted by Crippen LogP contribution is 2.33. The molecule has 0 bridgehead atoms. The van der Waals surface area contributed by atoms with E-state index in [1.165, 1.54) is 92.8 Å². The summed E-state index contributed by atoms with van der Waals surface area (Å²) in [5.41, 5.74) is 6.44. The van der Waals surface area contributed by atoms with Crippen LogP contribution < -0.4 is 0 Å². The van der Waals surface area contributed by atoms with Crippen molar-refractivity contribution in [2.45, 2.75) is 76.8 Å². The second kappa shape index (κ2) is 10.8. The van der Waals surface area contributed by atoms with Crippen LogP contribution in [0.3, 0.4) is 0 Å². The molecule has 0 amide bonds. The molecule has 2 aromatic heterocycles. The number of pyridine rings is 1. The van der Waals surface area contributed by atoms with Gasteiger partial charge in [0, 0.05) is 6.20 Å². The molecule has 0 spiro atoms. The quantitative estimate of drug-likeness (QED) is 0.588. The molecule has 1 unspecified atom stereocenters. The van der Waals surface area contributed by atoms with Gasteiger partial charge in [-0.05, 0) is 101 Å². The van der Waals surface area contributed by atoms with E-state index in [4.69, 9.17) is 9.97 Å². The number of allylic oxidation sites excluding steroid dienone is 3. The number of aromatic amines is 1. The van der Waals surface area contributed by atoms with E-state index in [9.17, 15) is 0 Å². The molecule has 33 heavy (non-hydrogen) atoms. The van der Waals surface area contributed by atoms with Gasteiger partial charge in [-0.2, -0.15) is 0 Å². The number of nitrogens with zero attached hydrogens (tertiary/aromatic N) is 4. The van der Waals surface area contributed by atoms with Crippen LogP contribution in [0.2, 0.25) is 0 Å². The van der Waals surface area contributed by atoms with Crippen molar-refractivity contribution < 1.29 is 0 Å². The highest BCUT2D eigenvalue weighted by atomic mass is 15.2. The summed E-state index contributed by atoms with van der Waals surface area (Å²) in [6, 6.07) is 4.68. The number of rotatable bonds is 7. The van der Waals surface area contributed by atoms with Gasteiger partial charge in [-0.25, -0.2) is 4.98 Å². The van der Waals surface area contributed by atoms with E-state index in [0.717, 1.165) is 31.6 Å². The van der Waals surface area contributed by atoms with Crippen LogP contribution in [0.1, 0.15) is 92.3 Å². The Morgan fingerprint density at radius 1 is 1.15 bits per heavy atom. The van der Waals surface area contributed by atoms with Crippen LogP contribution >= 0.6 is 0 Å². The number of aromatic nitrogens is 3. The first-order valence-corrected chi connectivity index (χ1v) is 13.1. The molecular formula is C28H39N5. The highest BCUT2D eigenvalue weighted by molar-refractivity contribution is 5.72. The van der Waals surface area contributed by atoms with Gasteiger partial charge < -0.3 is 9.88 Å². The summed E-state index contributed by atoms with van der Waals surface area (Å²) in [6.45, 7) is 4.60. The molecule has 0 saturated carbocycles. The fourth-order valence-corrected chi connectivity index (χ4v) is 5.80. The highest BCUT2D eigenvalue weighted by Gasteiger charge is 2.26. The molecule has 3 aliphatic rings. The van der Waals surface area contributed by atoms with Crippen LogP contribution in [0.4, 0.5) is 0 Å². The Hall–Kier alpha value is -2.24. The fraction of sp³-hybridized carbons (Fsp3) is 0.571. The lowest BCUT2D eigenvalue weighted by atomic mass is 9.91. The zero-order chi connectivity index (χ0) is 22.5. The molecule has 2 aromatic rings. The van der Waals surface area contributed by atoms with Crippen molar-refractivity contribution >= 4 is 11.6 Å². The predicted molar refractivity (Wildman–Crippen MR) is 136 cm³/mol. The maximum absolute atomic E-state index is 5.11. The molecule has 5 rings (SSSR count). The van der Waals surface area contributed by atoms with Crippen molar-refractivity contribution in [3.63, 3.8) is 0 Å². The van der Waals surface area contributed by atoms with Gasteiger partial charge in [0.2, 0.25) is 0 Å². The minimum Gasteiger partial charge on any atom is -0.341 e. The van der Waals surface area contributed by atoms with Gasteiger partial charge in [-0.1, -0.05) is 31.1 Å². The molecule has 2 aliphatic carbocycles. The molecule has 1 aliphatic heterocycles. The van der Waals surface area contributed by atoms with Gasteiger partial charge >= 0.3 is 0 Å². The molecule has 0 aromatic carbocycles.